The molecule has 0 unspecified atom stereocenters. The average Bonchev–Trinajstić information content (AvgIpc) is 3.07. The number of ketones is 2. The van der Waals surface area contributed by atoms with Crippen LogP contribution in [0.2, 0.25) is 0 Å². The number of fused-ring (bicyclic) bond motifs is 1. The first-order valence-corrected chi connectivity index (χ1v) is 13.5. The summed E-state index contributed by atoms with van der Waals surface area (Å²) in [4.78, 5) is 29.6. The van der Waals surface area contributed by atoms with Gasteiger partial charge in [0, 0.05) is 34.1 Å². The number of carbonyl (C=O) groups is 2. The number of carbonyl (C=O) groups excluding carboxylic acids is 2. The second-order valence-corrected chi connectivity index (χ2v) is 10.5. The zero-order valence-electron chi connectivity index (χ0n) is 16.9. The van der Waals surface area contributed by atoms with Crippen molar-refractivity contribution < 1.29 is 9.59 Å². The zero-order chi connectivity index (χ0) is 19.5. The van der Waals surface area contributed by atoms with Crippen LogP contribution in [-0.2, 0) is 0 Å². The molecular formula is C22H34O2S3. The first-order chi connectivity index (χ1) is 13.2. The highest BCUT2D eigenvalue weighted by molar-refractivity contribution is 8.06. The van der Waals surface area contributed by atoms with E-state index in [-0.39, 0.29) is 11.6 Å². The Morgan fingerprint density at radius 3 is 1.48 bits per heavy atom. The highest BCUT2D eigenvalue weighted by atomic mass is 32.2. The number of unbranched alkanes of at least 4 members (excludes halogenated alkanes) is 8. The molecule has 1 aromatic heterocycles. The lowest BCUT2D eigenvalue weighted by atomic mass is 10.1. The normalized spacial score (nSPS) is 13.6. The van der Waals surface area contributed by atoms with Gasteiger partial charge in [0.25, 0.3) is 0 Å². The number of thiophene rings is 1. The molecular weight excluding hydrogens is 392 g/mol. The number of hydrogen-bond donors (Lipinski definition) is 0. The van der Waals surface area contributed by atoms with Gasteiger partial charge < -0.3 is 0 Å². The van der Waals surface area contributed by atoms with Crippen molar-refractivity contribution in [2.24, 2.45) is 0 Å². The predicted octanol–water partition coefficient (Wildman–Crippen LogP) is 8.03. The molecule has 1 aliphatic rings. The summed E-state index contributed by atoms with van der Waals surface area (Å²) in [6, 6.07) is 0. The molecule has 1 aliphatic heterocycles. The lowest BCUT2D eigenvalue weighted by molar-refractivity contribution is 0.0972. The van der Waals surface area contributed by atoms with Gasteiger partial charge in [0.2, 0.25) is 0 Å². The highest BCUT2D eigenvalue weighted by Gasteiger charge is 2.28. The maximum absolute atomic E-state index is 12.8. The van der Waals surface area contributed by atoms with Crippen LogP contribution in [0.3, 0.4) is 0 Å². The molecule has 0 radical (unpaired) electrons. The number of hydrogen-bond acceptors (Lipinski definition) is 5. The van der Waals surface area contributed by atoms with Gasteiger partial charge in [0.05, 0.1) is 9.75 Å². The third-order valence-corrected chi connectivity index (χ3v) is 9.05. The summed E-state index contributed by atoms with van der Waals surface area (Å²) in [5, 5.41) is 0. The molecule has 0 spiro atoms. The van der Waals surface area contributed by atoms with Gasteiger partial charge in [-0.05, 0) is 12.8 Å². The molecule has 5 heteroatoms. The standard InChI is InChI=1S/C22H34O2S3/c1-3-5-7-9-11-13-17(23)19-21-22(26-16-15-25-21)20(27-19)18(24)14-12-10-8-6-4-2/h3-16H2,1-2H3. The summed E-state index contributed by atoms with van der Waals surface area (Å²) in [7, 11) is 0. The third kappa shape index (κ3) is 7.25. The van der Waals surface area contributed by atoms with E-state index in [0.717, 1.165) is 56.7 Å². The minimum atomic E-state index is 0.254. The molecule has 0 atom stereocenters. The molecule has 27 heavy (non-hydrogen) atoms. The zero-order valence-corrected chi connectivity index (χ0v) is 19.4. The molecule has 0 aromatic carbocycles. The summed E-state index contributed by atoms with van der Waals surface area (Å²) in [5.74, 6) is 2.58. The van der Waals surface area contributed by atoms with E-state index in [1.165, 1.54) is 49.9 Å². The molecule has 152 valence electrons. The number of Topliss-reactive ketones (excluding diaryl/α,β-unsaturated/α-hetero) is 2. The van der Waals surface area contributed by atoms with Crippen LogP contribution in [0, 0.1) is 0 Å². The van der Waals surface area contributed by atoms with Crippen LogP contribution in [0.1, 0.15) is 110 Å². The molecule has 2 rings (SSSR count). The van der Waals surface area contributed by atoms with E-state index in [1.807, 2.05) is 0 Å². The summed E-state index contributed by atoms with van der Waals surface area (Å²) in [5.41, 5.74) is 0. The summed E-state index contributed by atoms with van der Waals surface area (Å²) < 4.78 is 0. The second-order valence-electron chi connectivity index (χ2n) is 7.29. The molecule has 0 aliphatic carbocycles. The van der Waals surface area contributed by atoms with Gasteiger partial charge in [-0.3, -0.25) is 9.59 Å². The van der Waals surface area contributed by atoms with Crippen LogP contribution in [0.25, 0.3) is 0 Å². The first-order valence-electron chi connectivity index (χ1n) is 10.7. The lowest BCUT2D eigenvalue weighted by Crippen LogP contribution is -2.02. The molecule has 2 nitrogen and oxygen atoms in total. The second kappa shape index (κ2) is 13.1. The molecule has 0 N–H and O–H groups in total. The maximum Gasteiger partial charge on any atom is 0.173 e. The topological polar surface area (TPSA) is 34.1 Å². The quantitative estimate of drug-likeness (QED) is 0.223. The average molecular weight is 427 g/mol. The van der Waals surface area contributed by atoms with Crippen molar-refractivity contribution in [2.45, 2.75) is 101 Å². The lowest BCUT2D eigenvalue weighted by Gasteiger charge is -2.12. The molecule has 0 amide bonds. The van der Waals surface area contributed by atoms with Crippen molar-refractivity contribution in [2.75, 3.05) is 11.5 Å². The van der Waals surface area contributed by atoms with Crippen molar-refractivity contribution in [3.05, 3.63) is 9.75 Å². The van der Waals surface area contributed by atoms with Gasteiger partial charge in [-0.15, -0.1) is 34.9 Å². The fraction of sp³-hybridized carbons (Fsp3) is 0.727. The van der Waals surface area contributed by atoms with Crippen molar-refractivity contribution in [3.63, 3.8) is 0 Å². The Morgan fingerprint density at radius 2 is 1.07 bits per heavy atom. The van der Waals surface area contributed by atoms with E-state index in [9.17, 15) is 9.59 Å². The van der Waals surface area contributed by atoms with Gasteiger partial charge in [-0.2, -0.15) is 0 Å². The Labute approximate surface area is 177 Å². The molecule has 0 saturated carbocycles. The van der Waals surface area contributed by atoms with Crippen molar-refractivity contribution >= 4 is 46.4 Å². The fourth-order valence-electron chi connectivity index (χ4n) is 3.32. The minimum absolute atomic E-state index is 0.254. The van der Waals surface area contributed by atoms with E-state index in [4.69, 9.17) is 0 Å². The number of rotatable bonds is 14. The molecule has 0 saturated heterocycles. The largest absolute Gasteiger partial charge is 0.293 e. The van der Waals surface area contributed by atoms with E-state index in [0.29, 0.717) is 12.8 Å². The monoisotopic (exact) mass is 426 g/mol. The van der Waals surface area contributed by atoms with Gasteiger partial charge >= 0.3 is 0 Å². The highest BCUT2D eigenvalue weighted by Crippen LogP contribution is 2.47. The van der Waals surface area contributed by atoms with Crippen molar-refractivity contribution in [1.82, 2.24) is 0 Å². The Bertz CT molecular complexity index is 556. The first kappa shape index (κ1) is 23.0. The van der Waals surface area contributed by atoms with E-state index >= 15 is 0 Å². The van der Waals surface area contributed by atoms with Crippen molar-refractivity contribution in [3.8, 4) is 0 Å². The Morgan fingerprint density at radius 1 is 0.667 bits per heavy atom. The smallest absolute Gasteiger partial charge is 0.173 e. The predicted molar refractivity (Wildman–Crippen MR) is 121 cm³/mol. The van der Waals surface area contributed by atoms with Crippen LogP contribution < -0.4 is 0 Å². The van der Waals surface area contributed by atoms with Crippen LogP contribution in [0.4, 0.5) is 0 Å². The Balaban J connectivity index is 1.97. The minimum Gasteiger partial charge on any atom is -0.293 e. The number of thioether (sulfide) groups is 2. The van der Waals surface area contributed by atoms with Crippen LogP contribution in [0.15, 0.2) is 9.79 Å². The summed E-state index contributed by atoms with van der Waals surface area (Å²) in [6.45, 7) is 4.42. The SMILES string of the molecule is CCCCCCCC(=O)c1sc(C(=O)CCCCCCC)c2c1SCCS2. The van der Waals surface area contributed by atoms with Crippen molar-refractivity contribution in [1.29, 1.82) is 0 Å². The fourth-order valence-corrected chi connectivity index (χ4v) is 7.47. The van der Waals surface area contributed by atoms with E-state index in [1.54, 1.807) is 23.5 Å². The van der Waals surface area contributed by atoms with Gasteiger partial charge in [0.1, 0.15) is 0 Å². The Hall–Kier alpha value is -0.260. The molecule has 0 fully saturated rings. The maximum atomic E-state index is 12.8. The van der Waals surface area contributed by atoms with Gasteiger partial charge in [-0.1, -0.05) is 65.2 Å². The Kier molecular flexibility index (Phi) is 11.1. The van der Waals surface area contributed by atoms with Crippen LogP contribution in [0.5, 0.6) is 0 Å². The van der Waals surface area contributed by atoms with E-state index in [2.05, 4.69) is 13.8 Å². The van der Waals surface area contributed by atoms with Crippen LogP contribution >= 0.6 is 34.9 Å². The summed E-state index contributed by atoms with van der Waals surface area (Å²) in [6.07, 6.45) is 12.9. The van der Waals surface area contributed by atoms with E-state index < -0.39 is 0 Å². The molecule has 0 bridgehead atoms. The van der Waals surface area contributed by atoms with Gasteiger partial charge in [-0.25, -0.2) is 0 Å². The van der Waals surface area contributed by atoms with Gasteiger partial charge in [0.15, 0.2) is 11.6 Å². The molecule has 1 aromatic rings. The summed E-state index contributed by atoms with van der Waals surface area (Å²) >= 11 is 5.05. The molecule has 2 heterocycles. The van der Waals surface area contributed by atoms with Crippen LogP contribution in [-0.4, -0.2) is 23.1 Å². The third-order valence-electron chi connectivity index (χ3n) is 4.92.